The zero-order chi connectivity index (χ0) is 19.0. The topological polar surface area (TPSA) is 52.5 Å². The van der Waals surface area contributed by atoms with Crippen LogP contribution >= 0.6 is 15.9 Å². The Labute approximate surface area is 165 Å². The standard InChI is InChI=1S/C22H30BrNO2/c1-17(2)22(26,19-10-12-20(23)13-11-19)21(16-24-14-6-7-15-25)18-8-4-3-5-9-18/h3-5,8-13,17,21,24-26H,6-7,14-16H2,1-2H3/t21-,22+/m1/s1. The molecule has 2 aromatic carbocycles. The zero-order valence-electron chi connectivity index (χ0n) is 15.7. The van der Waals surface area contributed by atoms with Gasteiger partial charge in [-0.25, -0.2) is 0 Å². The van der Waals surface area contributed by atoms with Crippen LogP contribution in [0.15, 0.2) is 59.1 Å². The lowest BCUT2D eigenvalue weighted by Crippen LogP contribution is -2.43. The van der Waals surface area contributed by atoms with Crippen LogP contribution in [-0.2, 0) is 5.60 Å². The molecular formula is C22H30BrNO2. The average Bonchev–Trinajstić information content (AvgIpc) is 2.65. The molecule has 0 unspecified atom stereocenters. The Morgan fingerprint density at radius 1 is 1.00 bits per heavy atom. The Hall–Kier alpha value is -1.20. The quantitative estimate of drug-likeness (QED) is 0.498. The Kier molecular flexibility index (Phi) is 8.29. The van der Waals surface area contributed by atoms with Gasteiger partial charge in [-0.1, -0.05) is 72.2 Å². The highest BCUT2D eigenvalue weighted by molar-refractivity contribution is 9.10. The zero-order valence-corrected chi connectivity index (χ0v) is 17.2. The fraction of sp³-hybridized carbons (Fsp3) is 0.455. The number of hydrogen-bond acceptors (Lipinski definition) is 3. The first kappa shape index (κ1) is 21.1. The van der Waals surface area contributed by atoms with E-state index in [1.54, 1.807) is 0 Å². The van der Waals surface area contributed by atoms with Crippen molar-refractivity contribution >= 4 is 15.9 Å². The van der Waals surface area contributed by atoms with Gasteiger partial charge in [0.25, 0.3) is 0 Å². The van der Waals surface area contributed by atoms with Crippen LogP contribution in [0.25, 0.3) is 0 Å². The Morgan fingerprint density at radius 3 is 2.23 bits per heavy atom. The maximum absolute atomic E-state index is 11.9. The molecule has 0 heterocycles. The SMILES string of the molecule is CC(C)[C@](O)(c1ccc(Br)cc1)[C@H](CNCCCCO)c1ccccc1. The van der Waals surface area contributed by atoms with E-state index in [-0.39, 0.29) is 18.4 Å². The summed E-state index contributed by atoms with van der Waals surface area (Å²) in [5.41, 5.74) is 1.08. The number of aliphatic hydroxyl groups is 2. The van der Waals surface area contributed by atoms with Crippen molar-refractivity contribution in [2.45, 2.75) is 38.2 Å². The van der Waals surface area contributed by atoms with Gasteiger partial charge in [0.2, 0.25) is 0 Å². The molecule has 4 heteroatoms. The molecule has 0 spiro atoms. The van der Waals surface area contributed by atoms with E-state index >= 15 is 0 Å². The van der Waals surface area contributed by atoms with Crippen molar-refractivity contribution in [3.8, 4) is 0 Å². The van der Waals surface area contributed by atoms with Crippen LogP contribution in [-0.4, -0.2) is 29.9 Å². The van der Waals surface area contributed by atoms with E-state index in [0.717, 1.165) is 35.0 Å². The highest BCUT2D eigenvalue weighted by atomic mass is 79.9. The summed E-state index contributed by atoms with van der Waals surface area (Å²) in [6.45, 7) is 5.88. The third-order valence-electron chi connectivity index (χ3n) is 5.03. The third kappa shape index (κ3) is 5.17. The summed E-state index contributed by atoms with van der Waals surface area (Å²) < 4.78 is 1.01. The molecule has 0 fully saturated rings. The first-order valence-electron chi connectivity index (χ1n) is 9.35. The fourth-order valence-corrected chi connectivity index (χ4v) is 3.74. The van der Waals surface area contributed by atoms with Crippen LogP contribution in [0.5, 0.6) is 0 Å². The summed E-state index contributed by atoms with van der Waals surface area (Å²) in [5, 5.41) is 24.3. The molecule has 3 nitrogen and oxygen atoms in total. The van der Waals surface area contributed by atoms with Gasteiger partial charge in [-0.05, 0) is 48.6 Å². The highest BCUT2D eigenvalue weighted by Gasteiger charge is 2.41. The summed E-state index contributed by atoms with van der Waals surface area (Å²) in [7, 11) is 0. The molecule has 0 aliphatic carbocycles. The normalized spacial score (nSPS) is 15.0. The first-order valence-corrected chi connectivity index (χ1v) is 10.1. The van der Waals surface area contributed by atoms with Crippen molar-refractivity contribution in [2.75, 3.05) is 19.7 Å². The second-order valence-corrected chi connectivity index (χ2v) is 8.00. The van der Waals surface area contributed by atoms with Gasteiger partial charge in [0.05, 0.1) is 5.60 Å². The molecule has 26 heavy (non-hydrogen) atoms. The predicted octanol–water partition coefficient (Wildman–Crippen LogP) is 4.44. The summed E-state index contributed by atoms with van der Waals surface area (Å²) in [5.74, 6) is -0.0212. The van der Waals surface area contributed by atoms with E-state index in [0.29, 0.717) is 6.54 Å². The van der Waals surface area contributed by atoms with Gasteiger partial charge in [-0.2, -0.15) is 0 Å². The van der Waals surface area contributed by atoms with Crippen LogP contribution in [0, 0.1) is 5.92 Å². The van der Waals surface area contributed by atoms with Gasteiger partial charge < -0.3 is 15.5 Å². The number of unbranched alkanes of at least 4 members (excludes halogenated alkanes) is 1. The van der Waals surface area contributed by atoms with E-state index < -0.39 is 5.60 Å². The number of halogens is 1. The summed E-state index contributed by atoms with van der Waals surface area (Å²) >= 11 is 3.48. The van der Waals surface area contributed by atoms with E-state index in [9.17, 15) is 5.11 Å². The maximum Gasteiger partial charge on any atom is 0.0999 e. The molecule has 2 aromatic rings. The van der Waals surface area contributed by atoms with Crippen molar-refractivity contribution in [2.24, 2.45) is 5.92 Å². The molecule has 0 amide bonds. The van der Waals surface area contributed by atoms with Gasteiger partial charge in [0.15, 0.2) is 0 Å². The fourth-order valence-electron chi connectivity index (χ4n) is 3.47. The minimum atomic E-state index is -0.980. The molecule has 142 valence electrons. The molecular weight excluding hydrogens is 390 g/mol. The number of aliphatic hydroxyl groups excluding tert-OH is 1. The summed E-state index contributed by atoms with van der Waals surface area (Å²) in [4.78, 5) is 0. The minimum absolute atomic E-state index is 0.0492. The average molecular weight is 420 g/mol. The smallest absolute Gasteiger partial charge is 0.0999 e. The minimum Gasteiger partial charge on any atom is -0.396 e. The van der Waals surface area contributed by atoms with E-state index in [2.05, 4.69) is 47.2 Å². The largest absolute Gasteiger partial charge is 0.396 e. The monoisotopic (exact) mass is 419 g/mol. The van der Waals surface area contributed by atoms with E-state index in [4.69, 9.17) is 5.11 Å². The van der Waals surface area contributed by atoms with Crippen LogP contribution in [0.4, 0.5) is 0 Å². The molecule has 0 bridgehead atoms. The predicted molar refractivity (Wildman–Crippen MR) is 111 cm³/mol. The van der Waals surface area contributed by atoms with Crippen LogP contribution in [0.1, 0.15) is 43.7 Å². The summed E-state index contributed by atoms with van der Waals surface area (Å²) in [6.07, 6.45) is 1.72. The highest BCUT2D eigenvalue weighted by Crippen LogP contribution is 2.42. The third-order valence-corrected chi connectivity index (χ3v) is 5.56. The second kappa shape index (κ2) is 10.2. The van der Waals surface area contributed by atoms with Gasteiger partial charge in [0.1, 0.15) is 0 Å². The molecule has 0 aliphatic heterocycles. The lowest BCUT2D eigenvalue weighted by Gasteiger charge is -2.41. The van der Waals surface area contributed by atoms with Crippen LogP contribution in [0.3, 0.4) is 0 Å². The molecule has 3 N–H and O–H groups in total. The van der Waals surface area contributed by atoms with E-state index in [1.807, 2.05) is 42.5 Å². The Balaban J connectivity index is 2.34. The molecule has 0 saturated heterocycles. The number of nitrogens with one attached hydrogen (secondary N) is 1. The Bertz CT molecular complexity index is 645. The molecule has 0 aromatic heterocycles. The lowest BCUT2D eigenvalue weighted by molar-refractivity contribution is -0.0370. The molecule has 2 rings (SSSR count). The lowest BCUT2D eigenvalue weighted by atomic mass is 9.70. The maximum atomic E-state index is 11.9. The molecule has 0 aliphatic rings. The molecule has 2 atom stereocenters. The van der Waals surface area contributed by atoms with Gasteiger partial charge in [0, 0.05) is 23.5 Å². The molecule has 0 saturated carbocycles. The van der Waals surface area contributed by atoms with Crippen molar-refractivity contribution in [1.29, 1.82) is 0 Å². The second-order valence-electron chi connectivity index (χ2n) is 7.09. The van der Waals surface area contributed by atoms with Crippen LogP contribution in [0.2, 0.25) is 0 Å². The Morgan fingerprint density at radius 2 is 1.65 bits per heavy atom. The number of rotatable bonds is 10. The van der Waals surface area contributed by atoms with Crippen LogP contribution < -0.4 is 5.32 Å². The molecule has 0 radical (unpaired) electrons. The van der Waals surface area contributed by atoms with Gasteiger partial charge in [-0.3, -0.25) is 0 Å². The van der Waals surface area contributed by atoms with Crippen molar-refractivity contribution in [3.63, 3.8) is 0 Å². The van der Waals surface area contributed by atoms with Crippen molar-refractivity contribution < 1.29 is 10.2 Å². The number of benzene rings is 2. The van der Waals surface area contributed by atoms with Gasteiger partial charge >= 0.3 is 0 Å². The van der Waals surface area contributed by atoms with E-state index in [1.165, 1.54) is 0 Å². The van der Waals surface area contributed by atoms with Crippen molar-refractivity contribution in [3.05, 3.63) is 70.2 Å². The van der Waals surface area contributed by atoms with Gasteiger partial charge in [-0.15, -0.1) is 0 Å². The summed E-state index contributed by atoms with van der Waals surface area (Å²) in [6, 6.07) is 18.2. The van der Waals surface area contributed by atoms with Crippen molar-refractivity contribution in [1.82, 2.24) is 5.32 Å². The first-order chi connectivity index (χ1) is 12.5. The number of hydrogen-bond donors (Lipinski definition) is 3.